The van der Waals surface area contributed by atoms with E-state index in [1.54, 1.807) is 18.2 Å². The summed E-state index contributed by atoms with van der Waals surface area (Å²) in [6.45, 7) is 4.67. The molecule has 1 aliphatic rings. The van der Waals surface area contributed by atoms with Crippen LogP contribution in [0.4, 0.5) is 0 Å². The van der Waals surface area contributed by atoms with Gasteiger partial charge >= 0.3 is 5.97 Å². The number of fused-ring (bicyclic) bond motifs is 1. The first-order valence-corrected chi connectivity index (χ1v) is 8.59. The summed E-state index contributed by atoms with van der Waals surface area (Å²) >= 11 is 1.39. The van der Waals surface area contributed by atoms with Crippen LogP contribution in [0.5, 0.6) is 11.5 Å². The third kappa shape index (κ3) is 3.43. The van der Waals surface area contributed by atoms with Gasteiger partial charge in [0.15, 0.2) is 23.9 Å². The highest BCUT2D eigenvalue weighted by Crippen LogP contribution is 2.31. The van der Waals surface area contributed by atoms with Crippen LogP contribution in [-0.2, 0) is 11.2 Å². The molecule has 0 spiro atoms. The zero-order valence-corrected chi connectivity index (χ0v) is 14.4. The Kier molecular flexibility index (Phi) is 4.85. The molecule has 24 heavy (non-hydrogen) atoms. The molecular weight excluding hydrogens is 328 g/mol. The number of benzene rings is 1. The Labute approximate surface area is 144 Å². The number of ether oxygens (including phenoxy) is 3. The fraction of sp³-hybridized carbons (Fsp3) is 0.333. The largest absolute Gasteiger partial charge is 0.486 e. The average molecular weight is 346 g/mol. The van der Waals surface area contributed by atoms with Gasteiger partial charge in [0.05, 0.1) is 0 Å². The number of hydrogen-bond donors (Lipinski definition) is 0. The van der Waals surface area contributed by atoms with Gasteiger partial charge in [0, 0.05) is 10.4 Å². The lowest BCUT2D eigenvalue weighted by atomic mass is 10.1. The summed E-state index contributed by atoms with van der Waals surface area (Å²) in [5.41, 5.74) is 1.56. The van der Waals surface area contributed by atoms with Crippen molar-refractivity contribution >= 4 is 23.1 Å². The average Bonchev–Trinajstić information content (AvgIpc) is 2.99. The summed E-state index contributed by atoms with van der Waals surface area (Å²) in [6.07, 6.45) is 0.867. The van der Waals surface area contributed by atoms with Gasteiger partial charge in [0.25, 0.3) is 0 Å². The summed E-state index contributed by atoms with van der Waals surface area (Å²) in [7, 11) is 0. The summed E-state index contributed by atoms with van der Waals surface area (Å²) in [6, 6.07) is 6.79. The molecule has 6 heteroatoms. The zero-order chi connectivity index (χ0) is 17.1. The number of ketones is 1. The second-order valence-corrected chi connectivity index (χ2v) is 6.66. The van der Waals surface area contributed by atoms with E-state index in [9.17, 15) is 9.59 Å². The van der Waals surface area contributed by atoms with Gasteiger partial charge in [0.2, 0.25) is 0 Å². The maximum absolute atomic E-state index is 12.2. The van der Waals surface area contributed by atoms with Crippen LogP contribution in [0.25, 0.3) is 0 Å². The lowest BCUT2D eigenvalue weighted by Crippen LogP contribution is -2.17. The van der Waals surface area contributed by atoms with E-state index >= 15 is 0 Å². The first-order valence-electron chi connectivity index (χ1n) is 7.77. The van der Waals surface area contributed by atoms with Crippen LogP contribution in [0, 0.1) is 6.92 Å². The molecule has 0 saturated heterocycles. The van der Waals surface area contributed by atoms with E-state index < -0.39 is 5.97 Å². The van der Waals surface area contributed by atoms with Crippen molar-refractivity contribution in [3.63, 3.8) is 0 Å². The first-order chi connectivity index (χ1) is 11.6. The molecule has 0 amide bonds. The lowest BCUT2D eigenvalue weighted by Gasteiger charge is -2.18. The van der Waals surface area contributed by atoms with Crippen LogP contribution in [0.2, 0.25) is 0 Å². The first kappa shape index (κ1) is 16.5. The molecule has 0 bridgehead atoms. The highest BCUT2D eigenvalue weighted by molar-refractivity contribution is 7.14. The summed E-state index contributed by atoms with van der Waals surface area (Å²) in [5, 5.41) is 0. The molecule has 5 nitrogen and oxygen atoms in total. The zero-order valence-electron chi connectivity index (χ0n) is 13.6. The third-order valence-electron chi connectivity index (χ3n) is 3.80. The molecule has 0 N–H and O–H groups in total. The molecule has 0 radical (unpaired) electrons. The van der Waals surface area contributed by atoms with Crippen molar-refractivity contribution in [1.29, 1.82) is 0 Å². The molecule has 2 heterocycles. The predicted molar refractivity (Wildman–Crippen MR) is 90.5 cm³/mol. The quantitative estimate of drug-likeness (QED) is 0.613. The van der Waals surface area contributed by atoms with Gasteiger partial charge in [-0.3, -0.25) is 4.79 Å². The molecule has 0 saturated carbocycles. The Hall–Kier alpha value is -2.34. The highest BCUT2D eigenvalue weighted by Gasteiger charge is 2.18. The molecule has 3 rings (SSSR count). The maximum Gasteiger partial charge on any atom is 0.348 e. The van der Waals surface area contributed by atoms with Gasteiger partial charge < -0.3 is 14.2 Å². The Morgan fingerprint density at radius 1 is 1.17 bits per heavy atom. The molecule has 126 valence electrons. The molecule has 1 aromatic heterocycles. The SMILES string of the molecule is CCc1cc(C(=O)OCC(=O)c2ccc3c(c2)OCCO3)sc1C. The van der Waals surface area contributed by atoms with Gasteiger partial charge in [-0.1, -0.05) is 6.92 Å². The van der Waals surface area contributed by atoms with Crippen molar-refractivity contribution in [3.05, 3.63) is 45.1 Å². The second kappa shape index (κ2) is 7.05. The molecule has 0 atom stereocenters. The number of thiophene rings is 1. The summed E-state index contributed by atoms with van der Waals surface area (Å²) < 4.78 is 16.0. The topological polar surface area (TPSA) is 61.8 Å². The normalized spacial score (nSPS) is 12.8. The molecule has 0 aliphatic carbocycles. The van der Waals surface area contributed by atoms with Crippen molar-refractivity contribution in [2.45, 2.75) is 20.3 Å². The van der Waals surface area contributed by atoms with E-state index in [1.807, 2.05) is 19.9 Å². The van der Waals surface area contributed by atoms with E-state index in [2.05, 4.69) is 0 Å². The van der Waals surface area contributed by atoms with E-state index in [1.165, 1.54) is 11.3 Å². The fourth-order valence-electron chi connectivity index (χ4n) is 2.47. The molecule has 1 aromatic carbocycles. The number of rotatable bonds is 5. The highest BCUT2D eigenvalue weighted by atomic mass is 32.1. The van der Waals surface area contributed by atoms with Gasteiger partial charge in [-0.05, 0) is 43.2 Å². The molecule has 0 unspecified atom stereocenters. The van der Waals surface area contributed by atoms with Gasteiger partial charge in [-0.15, -0.1) is 11.3 Å². The Morgan fingerprint density at radius 2 is 1.92 bits per heavy atom. The predicted octanol–water partition coefficient (Wildman–Crippen LogP) is 3.43. The van der Waals surface area contributed by atoms with Crippen LogP contribution in [0.1, 0.15) is 37.4 Å². The van der Waals surface area contributed by atoms with Gasteiger partial charge in [0.1, 0.15) is 18.1 Å². The van der Waals surface area contributed by atoms with Gasteiger partial charge in [-0.2, -0.15) is 0 Å². The molecular formula is C18H18O5S. The van der Waals surface area contributed by atoms with Crippen molar-refractivity contribution in [2.75, 3.05) is 19.8 Å². The van der Waals surface area contributed by atoms with Gasteiger partial charge in [-0.25, -0.2) is 4.79 Å². The number of hydrogen-bond acceptors (Lipinski definition) is 6. The number of carbonyl (C=O) groups excluding carboxylic acids is 2. The fourth-order valence-corrected chi connectivity index (χ4v) is 3.48. The minimum absolute atomic E-state index is 0.274. The van der Waals surface area contributed by atoms with E-state index in [0.29, 0.717) is 35.2 Å². The van der Waals surface area contributed by atoms with Crippen molar-refractivity contribution in [1.82, 2.24) is 0 Å². The van der Waals surface area contributed by atoms with E-state index in [-0.39, 0.29) is 12.4 Å². The maximum atomic E-state index is 12.2. The number of aryl methyl sites for hydroxylation is 2. The molecule has 0 fully saturated rings. The summed E-state index contributed by atoms with van der Waals surface area (Å²) in [5.74, 6) is 0.425. The van der Waals surface area contributed by atoms with Crippen molar-refractivity contribution < 1.29 is 23.8 Å². The van der Waals surface area contributed by atoms with E-state index in [0.717, 1.165) is 16.9 Å². The number of carbonyl (C=O) groups is 2. The van der Waals surface area contributed by atoms with Crippen LogP contribution in [-0.4, -0.2) is 31.6 Å². The standard InChI is InChI=1S/C18H18O5S/c1-3-12-9-17(24-11(12)2)18(20)23-10-14(19)13-4-5-15-16(8-13)22-7-6-21-15/h4-5,8-9H,3,6-7,10H2,1-2H3. The minimum Gasteiger partial charge on any atom is -0.486 e. The Morgan fingerprint density at radius 3 is 2.62 bits per heavy atom. The minimum atomic E-state index is -0.464. The van der Waals surface area contributed by atoms with Crippen LogP contribution in [0.15, 0.2) is 24.3 Å². The number of Topliss-reactive ketones (excluding diaryl/α,β-unsaturated/α-hetero) is 1. The third-order valence-corrected chi connectivity index (χ3v) is 4.87. The van der Waals surface area contributed by atoms with Crippen molar-refractivity contribution in [2.24, 2.45) is 0 Å². The smallest absolute Gasteiger partial charge is 0.348 e. The van der Waals surface area contributed by atoms with Crippen LogP contribution >= 0.6 is 11.3 Å². The number of esters is 1. The Balaban J connectivity index is 1.63. The Bertz CT molecular complexity index is 778. The monoisotopic (exact) mass is 346 g/mol. The van der Waals surface area contributed by atoms with E-state index in [4.69, 9.17) is 14.2 Å². The summed E-state index contributed by atoms with van der Waals surface area (Å²) in [4.78, 5) is 25.9. The van der Waals surface area contributed by atoms with Crippen LogP contribution in [0.3, 0.4) is 0 Å². The molecule has 2 aromatic rings. The lowest BCUT2D eigenvalue weighted by molar-refractivity contribution is 0.0479. The molecule has 1 aliphatic heterocycles. The van der Waals surface area contributed by atoms with Crippen molar-refractivity contribution in [3.8, 4) is 11.5 Å². The van der Waals surface area contributed by atoms with Crippen LogP contribution < -0.4 is 9.47 Å². The second-order valence-electron chi connectivity index (χ2n) is 5.40.